The minimum atomic E-state index is 0.634. The van der Waals surface area contributed by atoms with E-state index < -0.39 is 0 Å². The summed E-state index contributed by atoms with van der Waals surface area (Å²) < 4.78 is 5.51. The van der Waals surface area contributed by atoms with E-state index in [2.05, 4.69) is 49.9 Å². The Bertz CT molecular complexity index is 358. The van der Waals surface area contributed by atoms with E-state index in [9.17, 15) is 0 Å². The summed E-state index contributed by atoms with van der Waals surface area (Å²) in [6.07, 6.45) is 2.53. The number of nitrogens with one attached hydrogen (secondary N) is 1. The van der Waals surface area contributed by atoms with Gasteiger partial charge in [0.05, 0.1) is 6.61 Å². The van der Waals surface area contributed by atoms with Crippen LogP contribution in [0.15, 0.2) is 12.4 Å². The highest BCUT2D eigenvalue weighted by molar-refractivity contribution is 5.37. The molecule has 1 rings (SSSR count). The number of ether oxygens (including phenoxy) is 1. The molecule has 0 aliphatic heterocycles. The van der Waals surface area contributed by atoms with Crippen LogP contribution in [0, 0.1) is 17.8 Å². The molecule has 0 atom stereocenters. The maximum Gasteiger partial charge on any atom is 0.218 e. The Balaban J connectivity index is 2.56. The van der Waals surface area contributed by atoms with Crippen molar-refractivity contribution in [2.45, 2.75) is 41.0 Å². The van der Waals surface area contributed by atoms with Crippen LogP contribution in [0.5, 0.6) is 5.88 Å². The first-order valence-corrected chi connectivity index (χ1v) is 7.23. The molecule has 4 heteroatoms. The van der Waals surface area contributed by atoms with E-state index >= 15 is 0 Å². The summed E-state index contributed by atoms with van der Waals surface area (Å²) >= 11 is 0. The fraction of sp³-hybridized carbons (Fsp3) is 0.733. The van der Waals surface area contributed by atoms with Crippen molar-refractivity contribution < 1.29 is 4.74 Å². The lowest BCUT2D eigenvalue weighted by atomic mass is 9.85. The lowest BCUT2D eigenvalue weighted by Gasteiger charge is -2.25. The molecule has 0 spiro atoms. The van der Waals surface area contributed by atoms with Gasteiger partial charge in [-0.2, -0.15) is 0 Å². The van der Waals surface area contributed by atoms with E-state index in [4.69, 9.17) is 4.74 Å². The van der Waals surface area contributed by atoms with E-state index in [-0.39, 0.29) is 0 Å². The lowest BCUT2D eigenvalue weighted by Crippen LogP contribution is -2.24. The summed E-state index contributed by atoms with van der Waals surface area (Å²) in [4.78, 5) is 8.34. The number of hydrogen-bond acceptors (Lipinski definition) is 4. The van der Waals surface area contributed by atoms with Gasteiger partial charge in [0.1, 0.15) is 12.1 Å². The highest BCUT2D eigenvalue weighted by Crippen LogP contribution is 2.21. The zero-order valence-corrected chi connectivity index (χ0v) is 12.8. The first-order chi connectivity index (χ1) is 9.04. The fourth-order valence-electron chi connectivity index (χ4n) is 2.19. The molecule has 0 saturated heterocycles. The molecule has 1 heterocycles. The molecule has 0 aromatic carbocycles. The number of aromatic nitrogens is 2. The van der Waals surface area contributed by atoms with Crippen LogP contribution >= 0.6 is 0 Å². The molecule has 0 fully saturated rings. The van der Waals surface area contributed by atoms with Crippen molar-refractivity contribution in [1.82, 2.24) is 9.97 Å². The largest absolute Gasteiger partial charge is 0.478 e. The topological polar surface area (TPSA) is 47.0 Å². The molecule has 1 N–H and O–H groups in total. The van der Waals surface area contributed by atoms with Gasteiger partial charge >= 0.3 is 0 Å². The lowest BCUT2D eigenvalue weighted by molar-refractivity contribution is 0.302. The van der Waals surface area contributed by atoms with E-state index in [0.29, 0.717) is 30.2 Å². The summed E-state index contributed by atoms with van der Waals surface area (Å²) in [6.45, 7) is 12.8. The van der Waals surface area contributed by atoms with Crippen molar-refractivity contribution in [3.63, 3.8) is 0 Å². The van der Waals surface area contributed by atoms with Crippen LogP contribution in [0.25, 0.3) is 0 Å². The molecular formula is C15H27N3O. The highest BCUT2D eigenvalue weighted by atomic mass is 16.5. The minimum absolute atomic E-state index is 0.634. The Morgan fingerprint density at radius 2 is 1.84 bits per heavy atom. The van der Waals surface area contributed by atoms with Crippen LogP contribution in [-0.2, 0) is 0 Å². The van der Waals surface area contributed by atoms with Crippen LogP contribution < -0.4 is 10.1 Å². The molecule has 1 aromatic heterocycles. The molecular weight excluding hydrogens is 238 g/mol. The van der Waals surface area contributed by atoms with Gasteiger partial charge in [0, 0.05) is 12.6 Å². The molecule has 0 aliphatic carbocycles. The molecule has 0 aliphatic rings. The molecule has 108 valence electrons. The second-order valence-corrected chi connectivity index (χ2v) is 5.62. The number of hydrogen-bond donors (Lipinski definition) is 1. The third kappa shape index (κ3) is 5.45. The molecule has 0 unspecified atom stereocenters. The Kier molecular flexibility index (Phi) is 6.60. The monoisotopic (exact) mass is 265 g/mol. The van der Waals surface area contributed by atoms with Gasteiger partial charge in [-0.3, -0.25) is 0 Å². The van der Waals surface area contributed by atoms with Crippen molar-refractivity contribution in [3.05, 3.63) is 12.4 Å². The van der Waals surface area contributed by atoms with Gasteiger partial charge in [0.25, 0.3) is 0 Å². The quantitative estimate of drug-likeness (QED) is 0.780. The van der Waals surface area contributed by atoms with Crippen LogP contribution in [0.1, 0.15) is 41.0 Å². The molecule has 19 heavy (non-hydrogen) atoms. The second-order valence-electron chi connectivity index (χ2n) is 5.62. The number of rotatable bonds is 8. The Morgan fingerprint density at radius 3 is 2.42 bits per heavy atom. The Labute approximate surface area is 117 Å². The molecule has 0 amide bonds. The van der Waals surface area contributed by atoms with Crippen molar-refractivity contribution >= 4 is 5.82 Å². The fourth-order valence-corrected chi connectivity index (χ4v) is 2.19. The van der Waals surface area contributed by atoms with Crippen LogP contribution in [-0.4, -0.2) is 23.1 Å². The van der Waals surface area contributed by atoms with E-state index in [1.165, 1.54) is 0 Å². The number of nitrogens with zero attached hydrogens (tertiary/aromatic N) is 2. The normalized spacial score (nSPS) is 11.4. The van der Waals surface area contributed by atoms with Gasteiger partial charge in [-0.25, -0.2) is 9.97 Å². The molecule has 0 saturated carbocycles. The first kappa shape index (κ1) is 15.7. The second kappa shape index (κ2) is 7.97. The van der Waals surface area contributed by atoms with Crippen LogP contribution in [0.2, 0.25) is 0 Å². The van der Waals surface area contributed by atoms with Gasteiger partial charge in [0.2, 0.25) is 5.88 Å². The summed E-state index contributed by atoms with van der Waals surface area (Å²) in [7, 11) is 0. The molecule has 0 radical (unpaired) electrons. The Hall–Kier alpha value is -1.32. The van der Waals surface area contributed by atoms with Crippen LogP contribution in [0.3, 0.4) is 0 Å². The summed E-state index contributed by atoms with van der Waals surface area (Å²) in [5, 5.41) is 3.39. The predicted octanol–water partition coefficient (Wildman–Crippen LogP) is 3.61. The van der Waals surface area contributed by atoms with Crippen molar-refractivity contribution in [2.75, 3.05) is 18.5 Å². The van der Waals surface area contributed by atoms with Crippen molar-refractivity contribution in [2.24, 2.45) is 17.8 Å². The third-order valence-electron chi connectivity index (χ3n) is 3.33. The summed E-state index contributed by atoms with van der Waals surface area (Å²) in [5.41, 5.74) is 0. The zero-order chi connectivity index (χ0) is 14.3. The average molecular weight is 265 g/mol. The smallest absolute Gasteiger partial charge is 0.218 e. The third-order valence-corrected chi connectivity index (χ3v) is 3.33. The van der Waals surface area contributed by atoms with Gasteiger partial charge < -0.3 is 10.1 Å². The average Bonchev–Trinajstić information content (AvgIpc) is 2.36. The van der Waals surface area contributed by atoms with Gasteiger partial charge in [-0.05, 0) is 24.2 Å². The first-order valence-electron chi connectivity index (χ1n) is 7.23. The zero-order valence-electron chi connectivity index (χ0n) is 12.8. The molecule has 1 aromatic rings. The molecule has 4 nitrogen and oxygen atoms in total. The maximum absolute atomic E-state index is 5.51. The maximum atomic E-state index is 5.51. The summed E-state index contributed by atoms with van der Waals surface area (Å²) in [5.74, 6) is 3.43. The minimum Gasteiger partial charge on any atom is -0.478 e. The van der Waals surface area contributed by atoms with E-state index in [1.54, 1.807) is 6.33 Å². The van der Waals surface area contributed by atoms with E-state index in [0.717, 1.165) is 18.8 Å². The standard InChI is InChI=1S/C15H27N3O/c1-6-7-19-15-8-14(17-10-18-15)16-9-13(11(2)3)12(4)5/h8,10-13H,6-7,9H2,1-5H3,(H,16,17,18). The SMILES string of the molecule is CCCOc1cc(NCC(C(C)C)C(C)C)ncn1. The summed E-state index contributed by atoms with van der Waals surface area (Å²) in [6, 6.07) is 1.87. The highest BCUT2D eigenvalue weighted by Gasteiger charge is 2.17. The predicted molar refractivity (Wildman–Crippen MR) is 79.5 cm³/mol. The van der Waals surface area contributed by atoms with Crippen molar-refractivity contribution in [1.29, 1.82) is 0 Å². The van der Waals surface area contributed by atoms with Crippen molar-refractivity contribution in [3.8, 4) is 5.88 Å². The van der Waals surface area contributed by atoms with E-state index in [1.807, 2.05) is 6.07 Å². The number of anilines is 1. The van der Waals surface area contributed by atoms with Crippen LogP contribution in [0.4, 0.5) is 5.82 Å². The van der Waals surface area contributed by atoms with Gasteiger partial charge in [0.15, 0.2) is 0 Å². The molecule has 0 bridgehead atoms. The Morgan fingerprint density at radius 1 is 1.16 bits per heavy atom. The van der Waals surface area contributed by atoms with Gasteiger partial charge in [-0.15, -0.1) is 0 Å². The van der Waals surface area contributed by atoms with Gasteiger partial charge in [-0.1, -0.05) is 34.6 Å².